The third-order valence-corrected chi connectivity index (χ3v) is 18.2. The van der Waals surface area contributed by atoms with Gasteiger partial charge in [0.25, 0.3) is 0 Å². The van der Waals surface area contributed by atoms with E-state index in [9.17, 15) is 0 Å². The van der Waals surface area contributed by atoms with Gasteiger partial charge in [-0.1, -0.05) is 0 Å². The van der Waals surface area contributed by atoms with Crippen LogP contribution in [0.15, 0.2) is 100 Å². The predicted octanol–water partition coefficient (Wildman–Crippen LogP) is 13.7. The van der Waals surface area contributed by atoms with E-state index in [-0.39, 0.29) is 35.6 Å². The maximum absolute atomic E-state index is 6.50. The van der Waals surface area contributed by atoms with Crippen LogP contribution in [-0.4, -0.2) is 3.21 Å². The van der Waals surface area contributed by atoms with Crippen LogP contribution in [-0.2, 0) is 46.1 Å². The summed E-state index contributed by atoms with van der Waals surface area (Å²) < 4.78 is 1.07. The number of halogens is 8. The first kappa shape index (κ1) is 42.2. The minimum absolute atomic E-state index is 0. The Kier molecular flexibility index (Phi) is 13.2. The standard InChI is InChI=1S/C21H25.C15H8Cl6.C5H5.2ClH.Zr/c1-20(2,3)16-9-7-14-11-15-8-10-17(21(4,5)6)13-19(15)18(14)12-16;16-14(17,18)12-5-1-3-10(8-12)7-11-4-2-6-13(9-11)15(19,20)21;1-2-4-5-3-1;;;/h7,9-10,12-13H,11H2,1-6H3;1-6,8-9H;1-3H,4H2;2*1H;. The molecule has 9 heteroatoms. The molecule has 264 valence electrons. The van der Waals surface area contributed by atoms with Gasteiger partial charge in [-0.25, -0.2) is 0 Å². The molecule has 50 heavy (non-hydrogen) atoms. The van der Waals surface area contributed by atoms with Crippen LogP contribution in [0.1, 0.15) is 92.5 Å². The first-order valence-corrected chi connectivity index (χ1v) is 22.0. The summed E-state index contributed by atoms with van der Waals surface area (Å²) in [5, 5.41) is 0. The molecule has 0 radical (unpaired) electrons. The van der Waals surface area contributed by atoms with E-state index >= 15 is 0 Å². The van der Waals surface area contributed by atoms with E-state index in [0.29, 0.717) is 11.1 Å². The maximum atomic E-state index is 6.50. The zero-order valence-corrected chi connectivity index (χ0v) is 37.4. The molecule has 0 amide bonds. The summed E-state index contributed by atoms with van der Waals surface area (Å²) in [6.07, 6.45) is 8.60. The molecule has 0 fully saturated rings. The summed E-state index contributed by atoms with van der Waals surface area (Å²) in [5.74, 6) is 0. The van der Waals surface area contributed by atoms with Gasteiger partial charge in [0.1, 0.15) is 0 Å². The molecule has 4 aromatic carbocycles. The fourth-order valence-corrected chi connectivity index (χ4v) is 15.3. The Morgan fingerprint density at radius 2 is 1.14 bits per heavy atom. The van der Waals surface area contributed by atoms with Crippen LogP contribution in [0.4, 0.5) is 0 Å². The molecule has 0 N–H and O–H groups in total. The molecule has 6 rings (SSSR count). The molecule has 0 heterocycles. The quantitative estimate of drug-likeness (QED) is 0.158. The predicted molar refractivity (Wildman–Crippen MR) is 223 cm³/mol. The van der Waals surface area contributed by atoms with E-state index in [1.54, 1.807) is 0 Å². The molecule has 0 bridgehead atoms. The number of alkyl halides is 6. The Morgan fingerprint density at radius 1 is 0.600 bits per heavy atom. The van der Waals surface area contributed by atoms with Crippen molar-refractivity contribution in [3.63, 3.8) is 0 Å². The molecule has 0 aromatic heterocycles. The molecular weight excluding hydrogens is 867 g/mol. The van der Waals surface area contributed by atoms with Gasteiger partial charge in [-0.15, -0.1) is 24.8 Å². The monoisotopic (exact) mass is 902 g/mol. The molecule has 2 aliphatic rings. The number of fused-ring (bicyclic) bond motifs is 3. The Bertz CT molecular complexity index is 1950. The van der Waals surface area contributed by atoms with Crippen molar-refractivity contribution in [2.45, 2.75) is 72.8 Å². The van der Waals surface area contributed by atoms with Crippen LogP contribution in [0.3, 0.4) is 0 Å². The molecule has 0 nitrogen and oxygen atoms in total. The largest absolute Gasteiger partial charge is 0.147 e. The molecule has 4 aromatic rings. The SMILES string of the molecule is CC(C)(C)c1ccc2c(c1)-c1cc(C(C)(C)C)c[c]([Zr]([C]3=CC=CC3)=[C](c3cccc(C(Cl)(Cl)Cl)c3)c3cccc(C(Cl)(Cl)Cl)c3)c1C2.Cl.Cl. The Morgan fingerprint density at radius 3 is 1.62 bits per heavy atom. The summed E-state index contributed by atoms with van der Waals surface area (Å²) >= 11 is 35.9. The van der Waals surface area contributed by atoms with E-state index in [1.165, 1.54) is 43.1 Å². The van der Waals surface area contributed by atoms with Crippen molar-refractivity contribution >= 4 is 101 Å². The molecule has 0 unspecified atom stereocenters. The van der Waals surface area contributed by atoms with Gasteiger partial charge in [0, 0.05) is 0 Å². The number of allylic oxidation sites excluding steroid dienone is 4. The van der Waals surface area contributed by atoms with E-state index in [1.807, 2.05) is 36.4 Å². The molecule has 0 atom stereocenters. The number of hydrogen-bond donors (Lipinski definition) is 0. The molecule has 0 saturated carbocycles. The average molecular weight is 908 g/mol. The van der Waals surface area contributed by atoms with E-state index < -0.39 is 28.9 Å². The summed E-state index contributed by atoms with van der Waals surface area (Å²) in [5.41, 5.74) is 11.5. The van der Waals surface area contributed by atoms with Crippen LogP contribution in [0, 0.1) is 0 Å². The van der Waals surface area contributed by atoms with Crippen molar-refractivity contribution in [2.75, 3.05) is 0 Å². The van der Waals surface area contributed by atoms with Crippen molar-refractivity contribution < 1.29 is 21.3 Å². The van der Waals surface area contributed by atoms with Gasteiger partial charge in [-0.3, -0.25) is 0 Å². The normalized spacial score (nSPS) is 14.0. The molecule has 0 aliphatic heterocycles. The Balaban J connectivity index is 0.00000281. The number of hydrogen-bond acceptors (Lipinski definition) is 0. The van der Waals surface area contributed by atoms with E-state index in [2.05, 4.69) is 102 Å². The molecule has 0 spiro atoms. The Labute approximate surface area is 347 Å². The topological polar surface area (TPSA) is 0 Å². The van der Waals surface area contributed by atoms with Gasteiger partial charge in [0.05, 0.1) is 0 Å². The van der Waals surface area contributed by atoms with Crippen molar-refractivity contribution in [1.29, 1.82) is 0 Å². The van der Waals surface area contributed by atoms with Crippen LogP contribution < -0.4 is 3.27 Å². The zero-order valence-electron chi connectivity index (χ0n) is 28.7. The minimum Gasteiger partial charge on any atom is -0.147 e. The van der Waals surface area contributed by atoms with Gasteiger partial charge in [-0.05, 0) is 0 Å². The van der Waals surface area contributed by atoms with Crippen molar-refractivity contribution in [3.8, 4) is 11.1 Å². The third-order valence-electron chi connectivity index (χ3n) is 9.32. The second-order valence-electron chi connectivity index (χ2n) is 14.8. The fourth-order valence-electron chi connectivity index (χ4n) is 6.66. The summed E-state index contributed by atoms with van der Waals surface area (Å²) in [4.78, 5) is 0. The molecule has 2 aliphatic carbocycles. The fraction of sp³-hybridized carbons (Fsp3) is 0.293. The maximum Gasteiger partial charge on any atom is -0.147 e. The van der Waals surface area contributed by atoms with Gasteiger partial charge in [0.15, 0.2) is 0 Å². The van der Waals surface area contributed by atoms with E-state index in [0.717, 1.165) is 24.0 Å². The average Bonchev–Trinajstić information content (AvgIpc) is 3.66. The molecular formula is C41H40Cl8Zr. The smallest absolute Gasteiger partial charge is 0.147 e. The zero-order chi connectivity index (χ0) is 34.8. The van der Waals surface area contributed by atoms with Crippen LogP contribution in [0.2, 0.25) is 0 Å². The van der Waals surface area contributed by atoms with Gasteiger partial charge in [0.2, 0.25) is 0 Å². The number of rotatable bonds is 4. The second-order valence-corrected chi connectivity index (χ2v) is 25.4. The van der Waals surface area contributed by atoms with E-state index in [4.69, 9.17) is 69.6 Å². The first-order valence-electron chi connectivity index (χ1n) is 16.1. The van der Waals surface area contributed by atoms with Crippen molar-refractivity contribution in [3.05, 3.63) is 145 Å². The summed E-state index contributed by atoms with van der Waals surface area (Å²) in [7, 11) is 0. The van der Waals surface area contributed by atoms with Crippen LogP contribution >= 0.6 is 94.4 Å². The van der Waals surface area contributed by atoms with Gasteiger partial charge < -0.3 is 0 Å². The van der Waals surface area contributed by atoms with Gasteiger partial charge >= 0.3 is 326 Å². The summed E-state index contributed by atoms with van der Waals surface area (Å²) in [6.45, 7) is 13.8. The number of benzene rings is 4. The minimum atomic E-state index is -3.10. The Hall–Kier alpha value is -0.567. The van der Waals surface area contributed by atoms with Crippen molar-refractivity contribution in [1.82, 2.24) is 0 Å². The van der Waals surface area contributed by atoms with Crippen LogP contribution in [0.5, 0.6) is 0 Å². The second kappa shape index (κ2) is 15.7. The summed E-state index contributed by atoms with van der Waals surface area (Å²) in [6, 6.07) is 28.1. The molecule has 0 saturated heterocycles. The van der Waals surface area contributed by atoms with Crippen LogP contribution in [0.25, 0.3) is 11.1 Å². The third kappa shape index (κ3) is 8.86. The van der Waals surface area contributed by atoms with Gasteiger partial charge in [-0.2, -0.15) is 0 Å². The first-order chi connectivity index (χ1) is 22.3. The van der Waals surface area contributed by atoms with Crippen molar-refractivity contribution in [2.24, 2.45) is 0 Å².